The number of halogens is 3. The molecule has 29 heavy (non-hydrogen) atoms. The first-order chi connectivity index (χ1) is 13.5. The third-order valence-corrected chi connectivity index (χ3v) is 8.35. The molecule has 15 heteroatoms. The number of tetrazole rings is 1. The fraction of sp³-hybridized carbons (Fsp3) is 0.500. The predicted octanol–water partition coefficient (Wildman–Crippen LogP) is 1.09. The number of sulfonamides is 2. The van der Waals surface area contributed by atoms with E-state index in [0.717, 1.165) is 10.7 Å². The van der Waals surface area contributed by atoms with E-state index in [1.165, 1.54) is 13.8 Å². The van der Waals surface area contributed by atoms with Crippen molar-refractivity contribution in [2.45, 2.75) is 26.8 Å². The van der Waals surface area contributed by atoms with Crippen LogP contribution in [0.15, 0.2) is 16.9 Å². The molecule has 0 spiro atoms. The van der Waals surface area contributed by atoms with Crippen LogP contribution in [0.2, 0.25) is 5.02 Å². The highest BCUT2D eigenvalue weighted by Gasteiger charge is 2.34. The first kappa shape index (κ1) is 23.2. The Morgan fingerprint density at radius 2 is 1.69 bits per heavy atom. The maximum Gasteiger partial charge on any atom is 0.368 e. The minimum atomic E-state index is -4.37. The Kier molecular flexibility index (Phi) is 7.01. The third kappa shape index (κ3) is 4.59. The number of nitrogens with zero attached hydrogens (tertiary/aromatic N) is 5. The van der Waals surface area contributed by atoms with E-state index in [0.29, 0.717) is 10.7 Å². The molecular formula is C14H18ClF2N5O5S2. The molecule has 0 N–H and O–H groups in total. The van der Waals surface area contributed by atoms with E-state index in [9.17, 15) is 30.4 Å². The predicted molar refractivity (Wildman–Crippen MR) is 103 cm³/mol. The fourth-order valence-corrected chi connectivity index (χ4v) is 6.03. The Labute approximate surface area is 170 Å². The Hall–Kier alpha value is -2.06. The molecular weight excluding hydrogens is 456 g/mol. The standard InChI is InChI=1S/C14H18ClF2N5O5S2/c1-3-28(24,25)22(29(26,27)4-2)12-9-13(11(17)8-10(12)15)21-14(23)20(18-19-21)7-5-6-16/h8-9H,3-7H2,1-2H3. The molecule has 0 bridgehead atoms. The van der Waals surface area contributed by atoms with E-state index in [2.05, 4.69) is 10.4 Å². The number of rotatable bonds is 9. The van der Waals surface area contributed by atoms with Crippen molar-refractivity contribution in [2.24, 2.45) is 0 Å². The molecule has 0 radical (unpaired) electrons. The number of anilines is 1. The van der Waals surface area contributed by atoms with E-state index < -0.39 is 66.1 Å². The highest BCUT2D eigenvalue weighted by atomic mass is 35.5. The first-order valence-corrected chi connectivity index (χ1v) is 11.9. The summed E-state index contributed by atoms with van der Waals surface area (Å²) in [5, 5.41) is 6.49. The molecule has 0 unspecified atom stereocenters. The molecule has 10 nitrogen and oxygen atoms in total. The van der Waals surface area contributed by atoms with E-state index in [1.807, 2.05) is 0 Å². The summed E-state index contributed by atoms with van der Waals surface area (Å²) >= 11 is 5.94. The van der Waals surface area contributed by atoms with Gasteiger partial charge in [-0.05, 0) is 42.8 Å². The average molecular weight is 474 g/mol. The van der Waals surface area contributed by atoms with E-state index in [-0.39, 0.29) is 16.7 Å². The molecule has 0 aliphatic rings. The zero-order valence-corrected chi connectivity index (χ0v) is 17.8. The molecule has 1 aromatic heterocycles. The molecule has 0 fully saturated rings. The van der Waals surface area contributed by atoms with Crippen LogP contribution < -0.4 is 9.40 Å². The van der Waals surface area contributed by atoms with Crippen LogP contribution in [0, 0.1) is 5.82 Å². The van der Waals surface area contributed by atoms with E-state index >= 15 is 0 Å². The van der Waals surface area contributed by atoms with E-state index in [4.69, 9.17) is 11.6 Å². The molecule has 0 aliphatic carbocycles. The lowest BCUT2D eigenvalue weighted by Crippen LogP contribution is -2.39. The normalized spacial score (nSPS) is 12.3. The lowest BCUT2D eigenvalue weighted by atomic mass is 10.2. The highest BCUT2D eigenvalue weighted by molar-refractivity contribution is 8.10. The van der Waals surface area contributed by atoms with Crippen molar-refractivity contribution in [2.75, 3.05) is 21.9 Å². The van der Waals surface area contributed by atoms with Crippen LogP contribution in [0.4, 0.5) is 14.5 Å². The van der Waals surface area contributed by atoms with Gasteiger partial charge in [-0.25, -0.2) is 26.0 Å². The molecule has 2 rings (SSSR count). The number of hydrogen-bond donors (Lipinski definition) is 0. The van der Waals surface area contributed by atoms with Crippen LogP contribution in [0.5, 0.6) is 0 Å². The zero-order valence-electron chi connectivity index (χ0n) is 15.4. The minimum Gasteiger partial charge on any atom is -0.251 e. The molecule has 1 heterocycles. The summed E-state index contributed by atoms with van der Waals surface area (Å²) in [6.07, 6.45) is -0.0236. The monoisotopic (exact) mass is 473 g/mol. The quantitative estimate of drug-likeness (QED) is 0.533. The Bertz CT molecular complexity index is 1130. The van der Waals surface area contributed by atoms with Gasteiger partial charge in [0.1, 0.15) is 5.69 Å². The topological polar surface area (TPSA) is 124 Å². The largest absolute Gasteiger partial charge is 0.368 e. The van der Waals surface area contributed by atoms with Crippen molar-refractivity contribution in [3.63, 3.8) is 0 Å². The summed E-state index contributed by atoms with van der Waals surface area (Å²) in [5.74, 6) is -2.22. The number of hydrogen-bond acceptors (Lipinski definition) is 7. The summed E-state index contributed by atoms with van der Waals surface area (Å²) in [6.45, 7) is 1.63. The van der Waals surface area contributed by atoms with E-state index in [1.54, 1.807) is 0 Å². The smallest absolute Gasteiger partial charge is 0.251 e. The molecule has 0 saturated carbocycles. The highest BCUT2D eigenvalue weighted by Crippen LogP contribution is 2.34. The summed E-state index contributed by atoms with van der Waals surface area (Å²) < 4.78 is 78.0. The fourth-order valence-electron chi connectivity index (χ4n) is 2.31. The number of alkyl halides is 1. The maximum absolute atomic E-state index is 14.5. The second-order valence-corrected chi connectivity index (χ2v) is 10.5. The van der Waals surface area contributed by atoms with Crippen LogP contribution in [-0.4, -0.2) is 54.8 Å². The molecule has 0 atom stereocenters. The van der Waals surface area contributed by atoms with Gasteiger partial charge in [0.05, 0.1) is 35.4 Å². The number of benzene rings is 1. The first-order valence-electron chi connectivity index (χ1n) is 8.34. The van der Waals surface area contributed by atoms with Crippen molar-refractivity contribution < 1.29 is 25.6 Å². The maximum atomic E-state index is 14.5. The SMILES string of the molecule is CCS(=O)(=O)N(c1cc(-n2nnn(CCCF)c2=O)c(F)cc1Cl)S(=O)(=O)CC. The molecule has 1 aromatic carbocycles. The average Bonchev–Trinajstić information content (AvgIpc) is 3.02. The van der Waals surface area contributed by atoms with Crippen LogP contribution in [-0.2, 0) is 26.6 Å². The van der Waals surface area contributed by atoms with Crippen LogP contribution in [0.1, 0.15) is 20.3 Å². The zero-order chi connectivity index (χ0) is 22.0. The second-order valence-electron chi connectivity index (χ2n) is 5.69. The van der Waals surface area contributed by atoms with Gasteiger partial charge in [-0.1, -0.05) is 11.6 Å². The Balaban J connectivity index is 2.74. The lowest BCUT2D eigenvalue weighted by molar-refractivity contribution is 0.427. The van der Waals surface area contributed by atoms with Gasteiger partial charge in [-0.15, -0.1) is 0 Å². The van der Waals surface area contributed by atoms with Gasteiger partial charge < -0.3 is 0 Å². The van der Waals surface area contributed by atoms with Crippen molar-refractivity contribution in [3.8, 4) is 5.69 Å². The van der Waals surface area contributed by atoms with Crippen molar-refractivity contribution in [1.82, 2.24) is 19.8 Å². The second kappa shape index (κ2) is 8.75. The lowest BCUT2D eigenvalue weighted by Gasteiger charge is -2.24. The van der Waals surface area contributed by atoms with Gasteiger partial charge in [-0.2, -0.15) is 13.1 Å². The summed E-state index contributed by atoms with van der Waals surface area (Å²) in [6, 6.07) is 1.45. The van der Waals surface area contributed by atoms with Gasteiger partial charge in [0, 0.05) is 0 Å². The number of aryl methyl sites for hydroxylation is 1. The van der Waals surface area contributed by atoms with Gasteiger partial charge in [-0.3, -0.25) is 4.39 Å². The van der Waals surface area contributed by atoms with Gasteiger partial charge >= 0.3 is 5.69 Å². The van der Waals surface area contributed by atoms with Crippen molar-refractivity contribution in [1.29, 1.82) is 0 Å². The van der Waals surface area contributed by atoms with Crippen LogP contribution in [0.25, 0.3) is 5.69 Å². The summed E-state index contributed by atoms with van der Waals surface area (Å²) in [7, 11) is -8.73. The molecule has 0 amide bonds. The van der Waals surface area contributed by atoms with Gasteiger partial charge in [0.25, 0.3) is 0 Å². The molecule has 2 aromatic rings. The van der Waals surface area contributed by atoms with Crippen LogP contribution >= 0.6 is 11.6 Å². The summed E-state index contributed by atoms with van der Waals surface area (Å²) in [5.41, 5.74) is -2.05. The number of aromatic nitrogens is 4. The molecule has 0 aliphatic heterocycles. The minimum absolute atomic E-state index is 0.0236. The molecule has 162 valence electrons. The van der Waals surface area contributed by atoms with Gasteiger partial charge in [0.2, 0.25) is 20.0 Å². The van der Waals surface area contributed by atoms with Crippen LogP contribution in [0.3, 0.4) is 0 Å². The molecule has 0 saturated heterocycles. The Morgan fingerprint density at radius 3 is 2.21 bits per heavy atom. The van der Waals surface area contributed by atoms with Crippen molar-refractivity contribution >= 4 is 37.3 Å². The third-order valence-electron chi connectivity index (χ3n) is 3.82. The Morgan fingerprint density at radius 1 is 1.10 bits per heavy atom. The summed E-state index contributed by atoms with van der Waals surface area (Å²) in [4.78, 5) is 12.3. The van der Waals surface area contributed by atoms with Gasteiger partial charge in [0.15, 0.2) is 5.82 Å². The van der Waals surface area contributed by atoms with Crippen molar-refractivity contribution in [3.05, 3.63) is 33.5 Å².